The lowest BCUT2D eigenvalue weighted by atomic mass is 10.0. The Hall–Kier alpha value is -2.73. The number of halogens is 3. The number of aldehydes is 1. The number of benzene rings is 1. The van der Waals surface area contributed by atoms with E-state index in [9.17, 15) is 22.8 Å². The fourth-order valence-electron chi connectivity index (χ4n) is 2.49. The molecule has 0 radical (unpaired) electrons. The topological polar surface area (TPSA) is 108 Å². The minimum atomic E-state index is -4.67. The molecule has 32 heavy (non-hydrogen) atoms. The lowest BCUT2D eigenvalue weighted by Crippen LogP contribution is -2.34. The second-order valence-electron chi connectivity index (χ2n) is 7.74. The van der Waals surface area contributed by atoms with Crippen molar-refractivity contribution in [1.82, 2.24) is 5.32 Å². The first kappa shape index (κ1) is 25.5. The number of hydrogen-bond acceptors (Lipinski definition) is 8. The molecule has 1 aliphatic heterocycles. The molecule has 1 N–H and O–H groups in total. The first-order chi connectivity index (χ1) is 15.0. The van der Waals surface area contributed by atoms with Crippen LogP contribution in [0.25, 0.3) is 0 Å². The van der Waals surface area contributed by atoms with E-state index in [4.69, 9.17) is 18.9 Å². The summed E-state index contributed by atoms with van der Waals surface area (Å²) in [4.78, 5) is 22.6. The van der Waals surface area contributed by atoms with E-state index in [0.717, 1.165) is 12.1 Å². The maximum Gasteiger partial charge on any atom is 0.442 e. The first-order valence-electron chi connectivity index (χ1n) is 9.84. The summed E-state index contributed by atoms with van der Waals surface area (Å²) >= 11 is 0. The second-order valence-corrected chi connectivity index (χ2v) is 7.74. The van der Waals surface area contributed by atoms with Crippen LogP contribution in [0.4, 0.5) is 18.0 Å². The molecule has 0 saturated heterocycles. The number of nitrogens with zero attached hydrogens (tertiary/aromatic N) is 2. The molecule has 0 spiro atoms. The number of alkyl halides is 3. The molecule has 1 amide bonds. The quantitative estimate of drug-likeness (QED) is 0.376. The molecule has 0 saturated carbocycles. The van der Waals surface area contributed by atoms with E-state index in [1.165, 1.54) is 6.07 Å². The largest absolute Gasteiger partial charge is 0.490 e. The Morgan fingerprint density at radius 1 is 1.06 bits per heavy atom. The van der Waals surface area contributed by atoms with Gasteiger partial charge >= 0.3 is 17.9 Å². The van der Waals surface area contributed by atoms with Crippen molar-refractivity contribution in [2.24, 2.45) is 10.2 Å². The standard InChI is InChI=1S/C20H26F3N3O6/c1-18(2,3)32-17(28)24-6-7-29-8-9-30-10-11-31-16-12-15(5-4-14(16)13-27)19(25-26-19)20(21,22)23/h4-5,12-13H,6-11H2,1-3H3,(H,24,28). The van der Waals surface area contributed by atoms with Crippen molar-refractivity contribution in [2.75, 3.05) is 39.6 Å². The van der Waals surface area contributed by atoms with Crippen molar-refractivity contribution >= 4 is 12.4 Å². The highest BCUT2D eigenvalue weighted by Gasteiger charge is 2.65. The third-order valence-corrected chi connectivity index (χ3v) is 4.01. The molecule has 0 atom stereocenters. The fourth-order valence-corrected chi connectivity index (χ4v) is 2.49. The summed E-state index contributed by atoms with van der Waals surface area (Å²) in [6.45, 7) is 6.48. The van der Waals surface area contributed by atoms with Crippen molar-refractivity contribution in [3.63, 3.8) is 0 Å². The Balaban J connectivity index is 1.64. The second kappa shape index (κ2) is 10.7. The van der Waals surface area contributed by atoms with E-state index < -0.39 is 23.5 Å². The Labute approximate surface area is 183 Å². The van der Waals surface area contributed by atoms with Gasteiger partial charge in [0.2, 0.25) is 0 Å². The van der Waals surface area contributed by atoms with Crippen LogP contribution in [0.3, 0.4) is 0 Å². The predicted octanol–water partition coefficient (Wildman–Crippen LogP) is 3.62. The maximum absolute atomic E-state index is 13.1. The normalized spacial score (nSPS) is 14.7. The summed E-state index contributed by atoms with van der Waals surface area (Å²) in [5.41, 5.74) is -3.28. The molecule has 1 heterocycles. The van der Waals surface area contributed by atoms with Crippen LogP contribution in [-0.4, -0.2) is 63.7 Å². The van der Waals surface area contributed by atoms with Gasteiger partial charge in [-0.15, -0.1) is 10.2 Å². The number of nitrogens with one attached hydrogen (secondary N) is 1. The zero-order chi connectivity index (χ0) is 23.8. The van der Waals surface area contributed by atoms with Crippen molar-refractivity contribution < 1.29 is 41.7 Å². The minimum Gasteiger partial charge on any atom is -0.490 e. The molecule has 0 fully saturated rings. The Morgan fingerprint density at radius 3 is 2.25 bits per heavy atom. The number of carbonyl (C=O) groups is 2. The Morgan fingerprint density at radius 2 is 1.69 bits per heavy atom. The fraction of sp³-hybridized carbons (Fsp3) is 0.600. The molecule has 1 aliphatic rings. The van der Waals surface area contributed by atoms with Crippen LogP contribution in [0.15, 0.2) is 28.4 Å². The number of ether oxygens (including phenoxy) is 4. The molecule has 1 aromatic rings. The number of hydrogen-bond donors (Lipinski definition) is 1. The van der Waals surface area contributed by atoms with Crippen LogP contribution < -0.4 is 10.1 Å². The summed E-state index contributed by atoms with van der Waals surface area (Å²) in [6.07, 6.45) is -4.71. The zero-order valence-corrected chi connectivity index (χ0v) is 18.0. The number of amides is 1. The summed E-state index contributed by atoms with van der Waals surface area (Å²) in [5.74, 6) is -0.00788. The average Bonchev–Trinajstić information content (AvgIpc) is 3.50. The van der Waals surface area contributed by atoms with Crippen LogP contribution in [-0.2, 0) is 19.9 Å². The predicted molar refractivity (Wildman–Crippen MR) is 106 cm³/mol. The highest BCUT2D eigenvalue weighted by Crippen LogP contribution is 2.52. The molecule has 9 nitrogen and oxygen atoms in total. The van der Waals surface area contributed by atoms with Gasteiger partial charge < -0.3 is 24.3 Å². The highest BCUT2D eigenvalue weighted by molar-refractivity contribution is 5.79. The van der Waals surface area contributed by atoms with Gasteiger partial charge in [-0.05, 0) is 32.9 Å². The van der Waals surface area contributed by atoms with Crippen LogP contribution >= 0.6 is 0 Å². The molecule has 178 valence electrons. The van der Waals surface area contributed by atoms with E-state index in [1.807, 2.05) is 0 Å². The van der Waals surface area contributed by atoms with Crippen LogP contribution in [0.5, 0.6) is 5.75 Å². The van der Waals surface area contributed by atoms with Gasteiger partial charge in [0.25, 0.3) is 0 Å². The van der Waals surface area contributed by atoms with Crippen LogP contribution in [0.2, 0.25) is 0 Å². The summed E-state index contributed by atoms with van der Waals surface area (Å²) in [7, 11) is 0. The number of alkyl carbamates (subject to hydrolysis) is 1. The van der Waals surface area contributed by atoms with E-state index in [-0.39, 0.29) is 56.5 Å². The highest BCUT2D eigenvalue weighted by atomic mass is 19.4. The molecule has 1 aromatic carbocycles. The van der Waals surface area contributed by atoms with E-state index in [0.29, 0.717) is 6.29 Å². The molecule has 0 aromatic heterocycles. The lowest BCUT2D eigenvalue weighted by molar-refractivity contribution is -0.166. The summed E-state index contributed by atoms with van der Waals surface area (Å²) in [6, 6.07) is 3.49. The molecule has 2 rings (SSSR count). The third kappa shape index (κ3) is 7.45. The van der Waals surface area contributed by atoms with Crippen molar-refractivity contribution in [2.45, 2.75) is 38.2 Å². The minimum absolute atomic E-state index is 0.00788. The number of carbonyl (C=O) groups excluding carboxylic acids is 2. The van der Waals surface area contributed by atoms with Crippen LogP contribution in [0.1, 0.15) is 36.7 Å². The Kier molecular flexibility index (Phi) is 8.56. The molecule has 0 bridgehead atoms. The molecular weight excluding hydrogens is 435 g/mol. The van der Waals surface area contributed by atoms with Gasteiger partial charge in [0.15, 0.2) is 6.29 Å². The van der Waals surface area contributed by atoms with Crippen molar-refractivity contribution in [3.8, 4) is 5.75 Å². The van der Waals surface area contributed by atoms with Crippen molar-refractivity contribution in [1.29, 1.82) is 0 Å². The van der Waals surface area contributed by atoms with Gasteiger partial charge in [-0.2, -0.15) is 13.2 Å². The molecule has 12 heteroatoms. The van der Waals surface area contributed by atoms with Crippen molar-refractivity contribution in [3.05, 3.63) is 29.3 Å². The van der Waals surface area contributed by atoms with Gasteiger partial charge in [-0.25, -0.2) is 4.79 Å². The average molecular weight is 461 g/mol. The van der Waals surface area contributed by atoms with Gasteiger partial charge in [-0.3, -0.25) is 4.79 Å². The molecular formula is C20H26F3N3O6. The van der Waals surface area contributed by atoms with Gasteiger partial charge in [0.05, 0.1) is 32.0 Å². The number of rotatable bonds is 12. The van der Waals surface area contributed by atoms with Gasteiger partial charge in [0.1, 0.15) is 18.0 Å². The lowest BCUT2D eigenvalue weighted by Gasteiger charge is -2.19. The van der Waals surface area contributed by atoms with Gasteiger partial charge in [0, 0.05) is 12.1 Å². The monoisotopic (exact) mass is 461 g/mol. The van der Waals surface area contributed by atoms with Crippen LogP contribution in [0, 0.1) is 0 Å². The summed E-state index contributed by atoms with van der Waals surface area (Å²) in [5, 5.41) is 8.82. The Bertz CT molecular complexity index is 818. The van der Waals surface area contributed by atoms with E-state index in [1.54, 1.807) is 20.8 Å². The zero-order valence-electron chi connectivity index (χ0n) is 18.0. The maximum atomic E-state index is 13.1. The summed E-state index contributed by atoms with van der Waals surface area (Å²) < 4.78 is 60.5. The smallest absolute Gasteiger partial charge is 0.442 e. The SMILES string of the molecule is CC(C)(C)OC(=O)NCCOCCOCCOc1cc(C2(C(F)(F)F)N=N2)ccc1C=O. The van der Waals surface area contributed by atoms with E-state index >= 15 is 0 Å². The van der Waals surface area contributed by atoms with Gasteiger partial charge in [-0.1, -0.05) is 6.07 Å². The molecule has 0 aliphatic carbocycles. The molecule has 0 unspecified atom stereocenters. The van der Waals surface area contributed by atoms with E-state index in [2.05, 4.69) is 15.5 Å². The third-order valence-electron chi connectivity index (χ3n) is 4.01. The first-order valence-corrected chi connectivity index (χ1v) is 9.84.